The normalized spacial score (nSPS) is 12.6. The van der Waals surface area contributed by atoms with Gasteiger partial charge in [-0.05, 0) is 29.3 Å². The highest BCUT2D eigenvalue weighted by Crippen LogP contribution is 2.34. The molecule has 0 aliphatic carbocycles. The molecule has 0 saturated carbocycles. The summed E-state index contributed by atoms with van der Waals surface area (Å²) >= 11 is 12.9. The Morgan fingerprint density at radius 3 is 2.17 bits per heavy atom. The van der Waals surface area contributed by atoms with Crippen molar-refractivity contribution in [1.29, 1.82) is 0 Å². The van der Waals surface area contributed by atoms with E-state index in [1.54, 1.807) is 14.2 Å². The standard InChI is InChI=1S/C23H33Cl2N3O2/c1-29-16-14-27(15-17-30-2)12-13-28(11-10-26)23(19-6-5-7-20(24)18-19)21-8-3-4-9-22(21)25/h3-9,18,23H,10-17,26H2,1-2H3. The molecule has 0 aliphatic rings. The first-order valence-corrected chi connectivity index (χ1v) is 11.0. The second kappa shape index (κ2) is 14.0. The fraction of sp³-hybridized carbons (Fsp3) is 0.478. The number of hydrogen-bond donors (Lipinski definition) is 1. The van der Waals surface area contributed by atoms with Crippen molar-refractivity contribution >= 4 is 23.2 Å². The van der Waals surface area contributed by atoms with E-state index in [2.05, 4.69) is 21.9 Å². The lowest BCUT2D eigenvalue weighted by atomic mass is 9.96. The van der Waals surface area contributed by atoms with Crippen LogP contribution in [0.4, 0.5) is 0 Å². The van der Waals surface area contributed by atoms with Crippen molar-refractivity contribution in [2.45, 2.75) is 6.04 Å². The Bertz CT molecular complexity index is 740. The Morgan fingerprint density at radius 1 is 0.867 bits per heavy atom. The number of hydrogen-bond acceptors (Lipinski definition) is 5. The molecular formula is C23H33Cl2N3O2. The van der Waals surface area contributed by atoms with Crippen molar-refractivity contribution in [3.05, 3.63) is 69.7 Å². The van der Waals surface area contributed by atoms with Crippen LogP contribution in [-0.2, 0) is 9.47 Å². The summed E-state index contributed by atoms with van der Waals surface area (Å²) in [5.41, 5.74) is 8.16. The van der Waals surface area contributed by atoms with Crippen molar-refractivity contribution in [3.8, 4) is 0 Å². The van der Waals surface area contributed by atoms with Crippen LogP contribution in [0.1, 0.15) is 17.2 Å². The maximum atomic E-state index is 6.62. The lowest BCUT2D eigenvalue weighted by Crippen LogP contribution is -2.42. The largest absolute Gasteiger partial charge is 0.383 e. The number of nitrogens with zero attached hydrogens (tertiary/aromatic N) is 2. The fourth-order valence-corrected chi connectivity index (χ4v) is 3.98. The van der Waals surface area contributed by atoms with E-state index in [9.17, 15) is 0 Å². The Kier molecular flexibility index (Phi) is 11.7. The van der Waals surface area contributed by atoms with Crippen molar-refractivity contribution in [2.24, 2.45) is 5.73 Å². The highest BCUT2D eigenvalue weighted by molar-refractivity contribution is 6.31. The van der Waals surface area contributed by atoms with Crippen molar-refractivity contribution in [2.75, 3.05) is 66.7 Å². The maximum Gasteiger partial charge on any atom is 0.0617 e. The molecule has 1 unspecified atom stereocenters. The first kappa shape index (κ1) is 25.1. The molecule has 30 heavy (non-hydrogen) atoms. The van der Waals surface area contributed by atoms with Gasteiger partial charge in [-0.25, -0.2) is 0 Å². The molecule has 166 valence electrons. The zero-order valence-corrected chi connectivity index (χ0v) is 19.4. The van der Waals surface area contributed by atoms with Gasteiger partial charge >= 0.3 is 0 Å². The minimum Gasteiger partial charge on any atom is -0.383 e. The second-order valence-electron chi connectivity index (χ2n) is 7.13. The summed E-state index contributed by atoms with van der Waals surface area (Å²) in [6.45, 7) is 6.06. The third-order valence-electron chi connectivity index (χ3n) is 5.07. The Balaban J connectivity index is 2.30. The van der Waals surface area contributed by atoms with Crippen LogP contribution in [0.2, 0.25) is 10.0 Å². The minimum absolute atomic E-state index is 0.0346. The van der Waals surface area contributed by atoms with Crippen molar-refractivity contribution in [3.63, 3.8) is 0 Å². The lowest BCUT2D eigenvalue weighted by Gasteiger charge is -2.34. The molecule has 2 rings (SSSR count). The van der Waals surface area contributed by atoms with Gasteiger partial charge < -0.3 is 15.2 Å². The summed E-state index contributed by atoms with van der Waals surface area (Å²) in [6, 6.07) is 15.9. The van der Waals surface area contributed by atoms with Gasteiger partial charge in [0.15, 0.2) is 0 Å². The number of rotatable bonds is 14. The lowest BCUT2D eigenvalue weighted by molar-refractivity contribution is 0.101. The van der Waals surface area contributed by atoms with Gasteiger partial charge in [-0.15, -0.1) is 0 Å². The van der Waals surface area contributed by atoms with Crippen LogP contribution in [-0.4, -0.2) is 76.5 Å². The number of benzene rings is 2. The minimum atomic E-state index is -0.0346. The predicted molar refractivity (Wildman–Crippen MR) is 126 cm³/mol. The van der Waals surface area contributed by atoms with E-state index < -0.39 is 0 Å². The van der Waals surface area contributed by atoms with E-state index in [4.69, 9.17) is 38.4 Å². The van der Waals surface area contributed by atoms with Crippen LogP contribution in [0.3, 0.4) is 0 Å². The molecule has 7 heteroatoms. The van der Waals surface area contributed by atoms with Gasteiger partial charge in [0.1, 0.15) is 0 Å². The third kappa shape index (κ3) is 7.82. The van der Waals surface area contributed by atoms with Crippen LogP contribution < -0.4 is 5.73 Å². The Morgan fingerprint density at radius 2 is 1.57 bits per heavy atom. The van der Waals surface area contributed by atoms with Gasteiger partial charge in [-0.3, -0.25) is 9.80 Å². The molecule has 0 aromatic heterocycles. The summed E-state index contributed by atoms with van der Waals surface area (Å²) < 4.78 is 10.5. The summed E-state index contributed by atoms with van der Waals surface area (Å²) in [4.78, 5) is 4.72. The number of ether oxygens (including phenoxy) is 2. The molecule has 1 atom stereocenters. The van der Waals surface area contributed by atoms with Gasteiger partial charge in [-0.2, -0.15) is 0 Å². The molecule has 2 N–H and O–H groups in total. The molecule has 5 nitrogen and oxygen atoms in total. The topological polar surface area (TPSA) is 51.0 Å². The van der Waals surface area contributed by atoms with Gasteiger partial charge in [0.25, 0.3) is 0 Å². The Labute approximate surface area is 190 Å². The molecule has 0 heterocycles. The monoisotopic (exact) mass is 453 g/mol. The maximum absolute atomic E-state index is 6.62. The first-order chi connectivity index (χ1) is 14.6. The van der Waals surface area contributed by atoms with E-state index in [1.165, 1.54) is 0 Å². The second-order valence-corrected chi connectivity index (χ2v) is 7.97. The number of methoxy groups -OCH3 is 2. The van der Waals surface area contributed by atoms with Crippen LogP contribution >= 0.6 is 23.2 Å². The van der Waals surface area contributed by atoms with E-state index in [-0.39, 0.29) is 6.04 Å². The van der Waals surface area contributed by atoms with E-state index >= 15 is 0 Å². The van der Waals surface area contributed by atoms with Crippen molar-refractivity contribution < 1.29 is 9.47 Å². The van der Waals surface area contributed by atoms with E-state index in [1.807, 2.05) is 36.4 Å². The molecule has 0 bridgehead atoms. The SMILES string of the molecule is COCCN(CCOC)CCN(CCN)C(c1cccc(Cl)c1)c1ccccc1Cl. The molecule has 2 aromatic rings. The van der Waals surface area contributed by atoms with Crippen LogP contribution in [0.15, 0.2) is 48.5 Å². The summed E-state index contributed by atoms with van der Waals surface area (Å²) in [7, 11) is 3.45. The third-order valence-corrected chi connectivity index (χ3v) is 5.65. The Hall–Kier alpha value is -1.18. The first-order valence-electron chi connectivity index (χ1n) is 10.2. The van der Waals surface area contributed by atoms with Gasteiger partial charge in [0.05, 0.1) is 19.3 Å². The van der Waals surface area contributed by atoms with Crippen LogP contribution in [0, 0.1) is 0 Å². The zero-order valence-electron chi connectivity index (χ0n) is 17.9. The molecule has 0 saturated heterocycles. The molecule has 0 spiro atoms. The molecular weight excluding hydrogens is 421 g/mol. The molecule has 0 radical (unpaired) electrons. The van der Waals surface area contributed by atoms with Gasteiger partial charge in [-0.1, -0.05) is 53.5 Å². The summed E-state index contributed by atoms with van der Waals surface area (Å²) in [5.74, 6) is 0. The van der Waals surface area contributed by atoms with Crippen LogP contribution in [0.5, 0.6) is 0 Å². The fourth-order valence-electron chi connectivity index (χ4n) is 3.54. The van der Waals surface area contributed by atoms with Gasteiger partial charge in [0, 0.05) is 63.5 Å². The molecule has 0 aliphatic heterocycles. The van der Waals surface area contributed by atoms with E-state index in [0.717, 1.165) is 48.9 Å². The smallest absolute Gasteiger partial charge is 0.0617 e. The highest BCUT2D eigenvalue weighted by atomic mass is 35.5. The quantitative estimate of drug-likeness (QED) is 0.469. The molecule has 2 aromatic carbocycles. The zero-order chi connectivity index (χ0) is 21.8. The molecule has 0 fully saturated rings. The number of nitrogens with two attached hydrogens (primary N) is 1. The highest BCUT2D eigenvalue weighted by Gasteiger charge is 2.24. The molecule has 0 amide bonds. The van der Waals surface area contributed by atoms with E-state index in [0.29, 0.717) is 24.8 Å². The van der Waals surface area contributed by atoms with Gasteiger partial charge in [0.2, 0.25) is 0 Å². The predicted octanol–water partition coefficient (Wildman–Crippen LogP) is 3.94. The van der Waals surface area contributed by atoms with Crippen molar-refractivity contribution in [1.82, 2.24) is 9.80 Å². The average Bonchev–Trinajstić information content (AvgIpc) is 2.74. The summed E-state index contributed by atoms with van der Waals surface area (Å²) in [6.07, 6.45) is 0. The summed E-state index contributed by atoms with van der Waals surface area (Å²) in [5, 5.41) is 1.44. The van der Waals surface area contributed by atoms with Crippen LogP contribution in [0.25, 0.3) is 0 Å². The average molecular weight is 454 g/mol. The number of halogens is 2.